The normalized spacial score (nSPS) is 11.1. The Hall–Kier alpha value is -3.16. The molecule has 0 atom stereocenters. The number of benzene rings is 3. The van der Waals surface area contributed by atoms with Crippen LogP contribution >= 0.6 is 11.6 Å². The molecule has 0 saturated carbocycles. The molecule has 0 saturated heterocycles. The molecule has 0 N–H and O–H groups in total. The summed E-state index contributed by atoms with van der Waals surface area (Å²) in [5.74, 6) is -0.720. The summed E-state index contributed by atoms with van der Waals surface area (Å²) < 4.78 is 41.1. The lowest BCUT2D eigenvalue weighted by molar-refractivity contribution is 0.0785. The van der Waals surface area contributed by atoms with Gasteiger partial charge in [-0.05, 0) is 48.0 Å². The summed E-state index contributed by atoms with van der Waals surface area (Å²) in [6, 6.07) is 18.3. The summed E-state index contributed by atoms with van der Waals surface area (Å²) in [4.78, 5) is 14.3. The highest BCUT2D eigenvalue weighted by molar-refractivity contribution is 7.92. The number of carbonyl (C=O) groups excluding carboxylic acids is 1. The Morgan fingerprint density at radius 3 is 2.41 bits per heavy atom. The van der Waals surface area contributed by atoms with Gasteiger partial charge in [-0.1, -0.05) is 48.0 Å². The lowest BCUT2D eigenvalue weighted by atomic mass is 10.1. The van der Waals surface area contributed by atoms with Crippen LogP contribution in [0.3, 0.4) is 0 Å². The molecule has 0 aromatic heterocycles. The Balaban J connectivity index is 1.90. The molecule has 3 aromatic carbocycles. The van der Waals surface area contributed by atoms with Crippen LogP contribution in [0.2, 0.25) is 5.02 Å². The van der Waals surface area contributed by atoms with Gasteiger partial charge in [0.15, 0.2) is 0 Å². The highest BCUT2D eigenvalue weighted by Gasteiger charge is 2.26. The number of hydrogen-bond donors (Lipinski definition) is 0. The zero-order valence-electron chi connectivity index (χ0n) is 17.4. The van der Waals surface area contributed by atoms with Gasteiger partial charge in [-0.3, -0.25) is 9.10 Å². The molecule has 0 unspecified atom stereocenters. The van der Waals surface area contributed by atoms with Crippen LogP contribution in [0, 0.1) is 5.82 Å². The summed E-state index contributed by atoms with van der Waals surface area (Å²) in [5.41, 5.74) is 1.29. The molecular weight excluding hydrogens is 451 g/mol. The molecule has 0 spiro atoms. The molecular formula is C24H22ClFN2O3S. The minimum atomic E-state index is -4.02. The van der Waals surface area contributed by atoms with Gasteiger partial charge in [0.1, 0.15) is 5.82 Å². The van der Waals surface area contributed by atoms with Crippen molar-refractivity contribution >= 4 is 33.2 Å². The Bertz CT molecular complexity index is 1230. The Labute approximate surface area is 192 Å². The van der Waals surface area contributed by atoms with Crippen LogP contribution in [-0.2, 0) is 16.6 Å². The second-order valence-corrected chi connectivity index (χ2v) is 9.36. The minimum Gasteiger partial charge on any atom is -0.337 e. The summed E-state index contributed by atoms with van der Waals surface area (Å²) >= 11 is 6.23. The van der Waals surface area contributed by atoms with Crippen LogP contribution < -0.4 is 4.31 Å². The zero-order chi connectivity index (χ0) is 23.3. The molecule has 3 rings (SSSR count). The molecule has 32 heavy (non-hydrogen) atoms. The van der Waals surface area contributed by atoms with Gasteiger partial charge in [-0.15, -0.1) is 6.58 Å². The predicted octanol–water partition coefficient (Wildman–Crippen LogP) is 5.13. The van der Waals surface area contributed by atoms with Crippen LogP contribution in [0.15, 0.2) is 90.3 Å². The Morgan fingerprint density at radius 2 is 1.75 bits per heavy atom. The zero-order valence-corrected chi connectivity index (χ0v) is 19.0. The molecule has 0 aliphatic heterocycles. The number of anilines is 1. The molecule has 3 aromatic rings. The van der Waals surface area contributed by atoms with Gasteiger partial charge >= 0.3 is 0 Å². The van der Waals surface area contributed by atoms with E-state index in [1.54, 1.807) is 49.5 Å². The van der Waals surface area contributed by atoms with E-state index in [0.29, 0.717) is 5.69 Å². The van der Waals surface area contributed by atoms with Gasteiger partial charge < -0.3 is 4.90 Å². The molecule has 0 aliphatic carbocycles. The number of sulfonamides is 1. The monoisotopic (exact) mass is 472 g/mol. The molecule has 0 fully saturated rings. The van der Waals surface area contributed by atoms with Gasteiger partial charge in [0.05, 0.1) is 22.2 Å². The third-order valence-corrected chi connectivity index (χ3v) is 6.86. The van der Waals surface area contributed by atoms with E-state index in [1.807, 2.05) is 0 Å². The fraction of sp³-hybridized carbons (Fsp3) is 0.125. The Kier molecular flexibility index (Phi) is 7.33. The predicted molar refractivity (Wildman–Crippen MR) is 125 cm³/mol. The van der Waals surface area contributed by atoms with E-state index in [2.05, 4.69) is 6.58 Å². The highest BCUT2D eigenvalue weighted by atomic mass is 35.5. The maximum Gasteiger partial charge on any atom is 0.264 e. The van der Waals surface area contributed by atoms with Crippen molar-refractivity contribution in [3.8, 4) is 0 Å². The standard InChI is InChI=1S/C24H22ClFN2O3S/c1-3-15-28(23-10-5-4-9-22(23)25)32(30,31)21-8-6-7-19(16-21)24(29)27(2)17-18-11-13-20(26)14-12-18/h3-14,16H,1,15,17H2,2H3. The van der Waals surface area contributed by atoms with Gasteiger partial charge in [0.2, 0.25) is 0 Å². The average Bonchev–Trinajstić information content (AvgIpc) is 2.79. The van der Waals surface area contributed by atoms with Crippen molar-refractivity contribution < 1.29 is 17.6 Å². The number of rotatable bonds is 8. The number of hydrogen-bond acceptors (Lipinski definition) is 3. The van der Waals surface area contributed by atoms with Crippen molar-refractivity contribution in [2.24, 2.45) is 0 Å². The van der Waals surface area contributed by atoms with Crippen molar-refractivity contribution in [2.45, 2.75) is 11.4 Å². The molecule has 8 heteroatoms. The highest BCUT2D eigenvalue weighted by Crippen LogP contribution is 2.30. The van der Waals surface area contributed by atoms with Crippen LogP contribution in [-0.4, -0.2) is 32.8 Å². The molecule has 0 radical (unpaired) electrons. The lowest BCUT2D eigenvalue weighted by Crippen LogP contribution is -2.32. The molecule has 0 heterocycles. The van der Waals surface area contributed by atoms with E-state index in [1.165, 1.54) is 41.3 Å². The summed E-state index contributed by atoms with van der Waals surface area (Å²) in [7, 11) is -2.42. The van der Waals surface area contributed by atoms with Crippen molar-refractivity contribution in [1.82, 2.24) is 4.90 Å². The fourth-order valence-electron chi connectivity index (χ4n) is 3.17. The third-order valence-electron chi connectivity index (χ3n) is 4.76. The van der Waals surface area contributed by atoms with Crippen molar-refractivity contribution in [3.63, 3.8) is 0 Å². The maximum atomic E-state index is 13.4. The number of halogens is 2. The first-order chi connectivity index (χ1) is 15.2. The molecule has 1 amide bonds. The van der Waals surface area contributed by atoms with Gasteiger partial charge in [-0.25, -0.2) is 12.8 Å². The quantitative estimate of drug-likeness (QED) is 0.427. The summed E-state index contributed by atoms with van der Waals surface area (Å²) in [6.07, 6.45) is 1.46. The van der Waals surface area contributed by atoms with Crippen molar-refractivity contribution in [3.05, 3.63) is 107 Å². The van der Waals surface area contributed by atoms with E-state index >= 15 is 0 Å². The number of para-hydroxylation sites is 1. The number of nitrogens with zero attached hydrogens (tertiary/aromatic N) is 2. The molecule has 5 nitrogen and oxygen atoms in total. The average molecular weight is 473 g/mol. The summed E-state index contributed by atoms with van der Waals surface area (Å²) in [6.45, 7) is 3.90. The first kappa shape index (κ1) is 23.5. The van der Waals surface area contributed by atoms with Crippen LogP contribution in [0.4, 0.5) is 10.1 Å². The van der Waals surface area contributed by atoms with Crippen molar-refractivity contribution in [1.29, 1.82) is 0 Å². The lowest BCUT2D eigenvalue weighted by Gasteiger charge is -2.24. The van der Waals surface area contributed by atoms with Crippen LogP contribution in [0.5, 0.6) is 0 Å². The Morgan fingerprint density at radius 1 is 1.06 bits per heavy atom. The number of amides is 1. The maximum absolute atomic E-state index is 13.4. The van der Waals surface area contributed by atoms with Crippen LogP contribution in [0.25, 0.3) is 0 Å². The first-order valence-corrected chi connectivity index (χ1v) is 11.5. The SMILES string of the molecule is C=CCN(c1ccccc1Cl)S(=O)(=O)c1cccc(C(=O)N(C)Cc2ccc(F)cc2)c1. The van der Waals surface area contributed by atoms with E-state index in [9.17, 15) is 17.6 Å². The van der Waals surface area contributed by atoms with E-state index in [4.69, 9.17) is 11.6 Å². The summed E-state index contributed by atoms with van der Waals surface area (Å²) in [5, 5.41) is 0.282. The van der Waals surface area contributed by atoms with E-state index in [-0.39, 0.29) is 40.3 Å². The van der Waals surface area contributed by atoms with E-state index < -0.39 is 10.0 Å². The van der Waals surface area contributed by atoms with Crippen molar-refractivity contribution in [2.75, 3.05) is 17.9 Å². The second-order valence-electron chi connectivity index (χ2n) is 7.09. The van der Waals surface area contributed by atoms with Gasteiger partial charge in [-0.2, -0.15) is 0 Å². The largest absolute Gasteiger partial charge is 0.337 e. The van der Waals surface area contributed by atoms with Crippen LogP contribution in [0.1, 0.15) is 15.9 Å². The molecule has 0 bridgehead atoms. The minimum absolute atomic E-state index is 0.00864. The number of carbonyl (C=O) groups is 1. The smallest absolute Gasteiger partial charge is 0.264 e. The van der Waals surface area contributed by atoms with Gasteiger partial charge in [0, 0.05) is 19.2 Å². The van der Waals surface area contributed by atoms with E-state index in [0.717, 1.165) is 9.87 Å². The third kappa shape index (κ3) is 5.18. The molecule has 166 valence electrons. The second kappa shape index (κ2) is 9.97. The topological polar surface area (TPSA) is 57.7 Å². The fourth-order valence-corrected chi connectivity index (χ4v) is 4.96. The first-order valence-electron chi connectivity index (χ1n) is 9.72. The molecule has 0 aliphatic rings. The van der Waals surface area contributed by atoms with Gasteiger partial charge in [0.25, 0.3) is 15.9 Å².